The van der Waals surface area contributed by atoms with Gasteiger partial charge in [0.25, 0.3) is 0 Å². The van der Waals surface area contributed by atoms with Crippen molar-refractivity contribution in [2.75, 3.05) is 12.3 Å². The summed E-state index contributed by atoms with van der Waals surface area (Å²) in [6.07, 6.45) is 2.42. The van der Waals surface area contributed by atoms with Crippen molar-refractivity contribution in [1.82, 2.24) is 5.32 Å². The molecule has 1 rings (SSSR count). The van der Waals surface area contributed by atoms with Gasteiger partial charge in [-0.25, -0.2) is 4.39 Å². The average Bonchev–Trinajstić information content (AvgIpc) is 2.31. The Hall–Kier alpha value is -1.03. The second-order valence-corrected chi connectivity index (χ2v) is 4.92. The van der Waals surface area contributed by atoms with Crippen molar-refractivity contribution in [3.05, 3.63) is 30.1 Å². The van der Waals surface area contributed by atoms with E-state index in [4.69, 9.17) is 0 Å². The summed E-state index contributed by atoms with van der Waals surface area (Å²) < 4.78 is 12.6. The van der Waals surface area contributed by atoms with E-state index in [0.717, 1.165) is 23.5 Å². The third kappa shape index (κ3) is 6.31. The van der Waals surface area contributed by atoms with Gasteiger partial charge in [-0.1, -0.05) is 6.92 Å². The Labute approximate surface area is 106 Å². The first-order valence-corrected chi connectivity index (χ1v) is 6.86. The summed E-state index contributed by atoms with van der Waals surface area (Å²) in [5, 5.41) is 2.87. The largest absolute Gasteiger partial charge is 0.356 e. The van der Waals surface area contributed by atoms with Crippen molar-refractivity contribution in [1.29, 1.82) is 0 Å². The van der Waals surface area contributed by atoms with Crippen LogP contribution >= 0.6 is 11.8 Å². The van der Waals surface area contributed by atoms with E-state index in [-0.39, 0.29) is 11.7 Å². The first kappa shape index (κ1) is 14.0. The van der Waals surface area contributed by atoms with Gasteiger partial charge in [-0.3, -0.25) is 4.79 Å². The number of carbonyl (C=O) groups excluding carboxylic acids is 1. The lowest BCUT2D eigenvalue weighted by molar-refractivity contribution is -0.121. The molecule has 0 unspecified atom stereocenters. The highest BCUT2D eigenvalue weighted by Gasteiger charge is 1.98. The molecular weight excluding hydrogens is 237 g/mol. The molecule has 2 nitrogen and oxygen atoms in total. The zero-order valence-electron chi connectivity index (χ0n) is 10.0. The van der Waals surface area contributed by atoms with E-state index in [9.17, 15) is 9.18 Å². The molecule has 1 amide bonds. The Bertz CT molecular complexity index is 340. The van der Waals surface area contributed by atoms with Crippen molar-refractivity contribution in [3.63, 3.8) is 0 Å². The maximum atomic E-state index is 12.6. The van der Waals surface area contributed by atoms with Gasteiger partial charge in [0, 0.05) is 17.9 Å². The van der Waals surface area contributed by atoms with Gasteiger partial charge in [-0.15, -0.1) is 11.8 Å². The maximum absolute atomic E-state index is 12.6. The van der Waals surface area contributed by atoms with Gasteiger partial charge in [-0.05, 0) is 42.9 Å². The monoisotopic (exact) mass is 255 g/mol. The number of hydrogen-bond acceptors (Lipinski definition) is 2. The molecule has 0 aromatic heterocycles. The van der Waals surface area contributed by atoms with Crippen molar-refractivity contribution in [2.24, 2.45) is 0 Å². The molecule has 94 valence electrons. The summed E-state index contributed by atoms with van der Waals surface area (Å²) >= 11 is 1.68. The minimum Gasteiger partial charge on any atom is -0.356 e. The zero-order valence-corrected chi connectivity index (χ0v) is 10.9. The molecule has 0 bridgehead atoms. The summed E-state index contributed by atoms with van der Waals surface area (Å²) in [7, 11) is 0. The molecule has 1 aromatic carbocycles. The normalized spacial score (nSPS) is 10.2. The number of thioether (sulfide) groups is 1. The lowest BCUT2D eigenvalue weighted by Gasteiger charge is -2.04. The number of amides is 1. The average molecular weight is 255 g/mol. The highest BCUT2D eigenvalue weighted by atomic mass is 32.2. The van der Waals surface area contributed by atoms with Gasteiger partial charge in [0.15, 0.2) is 0 Å². The third-order valence-corrected chi connectivity index (χ3v) is 3.30. The number of rotatable bonds is 7. The Morgan fingerprint density at radius 1 is 1.35 bits per heavy atom. The Morgan fingerprint density at radius 3 is 2.71 bits per heavy atom. The van der Waals surface area contributed by atoms with Crippen LogP contribution in [0.4, 0.5) is 4.39 Å². The van der Waals surface area contributed by atoms with Crippen LogP contribution in [0, 0.1) is 5.82 Å². The summed E-state index contributed by atoms with van der Waals surface area (Å²) in [5.74, 6) is 0.846. The van der Waals surface area contributed by atoms with E-state index >= 15 is 0 Å². The molecule has 0 radical (unpaired) electrons. The van der Waals surface area contributed by atoms with Crippen LogP contribution in [0.25, 0.3) is 0 Å². The van der Waals surface area contributed by atoms with E-state index in [0.29, 0.717) is 13.0 Å². The van der Waals surface area contributed by atoms with Crippen molar-refractivity contribution < 1.29 is 9.18 Å². The summed E-state index contributed by atoms with van der Waals surface area (Å²) in [4.78, 5) is 12.2. The van der Waals surface area contributed by atoms with Gasteiger partial charge < -0.3 is 5.32 Å². The van der Waals surface area contributed by atoms with Crippen LogP contribution in [-0.4, -0.2) is 18.2 Å². The van der Waals surface area contributed by atoms with Crippen LogP contribution in [0.5, 0.6) is 0 Å². The molecule has 0 aliphatic carbocycles. The molecule has 1 aromatic rings. The third-order valence-electron chi connectivity index (χ3n) is 2.20. The second kappa shape index (κ2) is 8.12. The van der Waals surface area contributed by atoms with Crippen LogP contribution in [0.1, 0.15) is 26.2 Å². The molecule has 1 N–H and O–H groups in total. The lowest BCUT2D eigenvalue weighted by atomic mass is 10.3. The zero-order chi connectivity index (χ0) is 12.5. The second-order valence-electron chi connectivity index (χ2n) is 3.76. The van der Waals surface area contributed by atoms with Crippen LogP contribution in [0.2, 0.25) is 0 Å². The minimum atomic E-state index is -0.207. The molecule has 0 spiro atoms. The summed E-state index contributed by atoms with van der Waals surface area (Å²) in [6, 6.07) is 6.47. The minimum absolute atomic E-state index is 0.124. The topological polar surface area (TPSA) is 29.1 Å². The fraction of sp³-hybridized carbons (Fsp3) is 0.462. The number of halogens is 1. The van der Waals surface area contributed by atoms with Crippen molar-refractivity contribution in [2.45, 2.75) is 31.1 Å². The standard InChI is InChI=1S/C13H18FNOS/c1-2-4-13(16)15-9-3-10-17-12-7-5-11(14)6-8-12/h5-8H,2-4,9-10H2,1H3,(H,15,16). The van der Waals surface area contributed by atoms with E-state index < -0.39 is 0 Å². The van der Waals surface area contributed by atoms with Crippen molar-refractivity contribution in [3.8, 4) is 0 Å². The molecule has 0 fully saturated rings. The van der Waals surface area contributed by atoms with Gasteiger partial charge in [-0.2, -0.15) is 0 Å². The smallest absolute Gasteiger partial charge is 0.219 e. The SMILES string of the molecule is CCCC(=O)NCCCSc1ccc(F)cc1. The molecule has 0 atom stereocenters. The molecular formula is C13H18FNOS. The van der Waals surface area contributed by atoms with E-state index in [2.05, 4.69) is 5.32 Å². The Morgan fingerprint density at radius 2 is 2.06 bits per heavy atom. The van der Waals surface area contributed by atoms with Gasteiger partial charge >= 0.3 is 0 Å². The molecule has 0 aliphatic heterocycles. The van der Waals surface area contributed by atoms with Crippen molar-refractivity contribution >= 4 is 17.7 Å². The quantitative estimate of drug-likeness (QED) is 0.598. The highest BCUT2D eigenvalue weighted by Crippen LogP contribution is 2.18. The summed E-state index contributed by atoms with van der Waals surface area (Å²) in [5.41, 5.74) is 0. The van der Waals surface area contributed by atoms with Gasteiger partial charge in [0.1, 0.15) is 5.82 Å². The number of hydrogen-bond donors (Lipinski definition) is 1. The molecule has 0 saturated carbocycles. The Balaban J connectivity index is 2.08. The van der Waals surface area contributed by atoms with E-state index in [1.807, 2.05) is 6.92 Å². The fourth-order valence-electron chi connectivity index (χ4n) is 1.34. The van der Waals surface area contributed by atoms with E-state index in [1.165, 1.54) is 12.1 Å². The molecule has 4 heteroatoms. The van der Waals surface area contributed by atoms with Crippen LogP contribution in [0.15, 0.2) is 29.2 Å². The predicted octanol–water partition coefficient (Wildman–Crippen LogP) is 3.22. The first-order valence-electron chi connectivity index (χ1n) is 5.87. The molecule has 0 heterocycles. The number of nitrogens with one attached hydrogen (secondary N) is 1. The van der Waals surface area contributed by atoms with Crippen LogP contribution in [-0.2, 0) is 4.79 Å². The van der Waals surface area contributed by atoms with Gasteiger partial charge in [0.05, 0.1) is 0 Å². The summed E-state index contributed by atoms with van der Waals surface area (Å²) in [6.45, 7) is 2.71. The predicted molar refractivity (Wildman–Crippen MR) is 69.7 cm³/mol. The molecule has 17 heavy (non-hydrogen) atoms. The first-order chi connectivity index (χ1) is 8.22. The molecule has 0 saturated heterocycles. The number of benzene rings is 1. The van der Waals surface area contributed by atoms with Crippen LogP contribution in [0.3, 0.4) is 0 Å². The Kier molecular flexibility index (Phi) is 6.70. The highest BCUT2D eigenvalue weighted by molar-refractivity contribution is 7.99. The maximum Gasteiger partial charge on any atom is 0.219 e. The van der Waals surface area contributed by atoms with Gasteiger partial charge in [0.2, 0.25) is 5.91 Å². The fourth-order valence-corrected chi connectivity index (χ4v) is 2.19. The van der Waals surface area contributed by atoms with Crippen LogP contribution < -0.4 is 5.32 Å². The van der Waals surface area contributed by atoms with E-state index in [1.54, 1.807) is 23.9 Å². The number of carbonyl (C=O) groups is 1. The molecule has 0 aliphatic rings. The lowest BCUT2D eigenvalue weighted by Crippen LogP contribution is -2.24.